The summed E-state index contributed by atoms with van der Waals surface area (Å²) >= 11 is 1.65. The lowest BCUT2D eigenvalue weighted by Crippen LogP contribution is -2.26. The molecular weight excluding hydrogens is 284 g/mol. The maximum atomic E-state index is 11.9. The van der Waals surface area contributed by atoms with Gasteiger partial charge in [-0.25, -0.2) is 5.43 Å². The van der Waals surface area contributed by atoms with Crippen molar-refractivity contribution in [3.8, 4) is 0 Å². The molecule has 0 aliphatic carbocycles. The number of carbonyl (C=O) groups excluding carboxylic acids is 1. The average Bonchev–Trinajstić information content (AvgIpc) is 3.01. The Balaban J connectivity index is 2.01. The molecule has 110 valence electrons. The highest BCUT2D eigenvalue weighted by Crippen LogP contribution is 2.17. The molecule has 0 spiro atoms. The Morgan fingerprint density at radius 1 is 1.29 bits per heavy atom. The molecule has 21 heavy (non-hydrogen) atoms. The summed E-state index contributed by atoms with van der Waals surface area (Å²) in [5, 5.41) is 14.0. The molecule has 1 atom stereocenters. The second kappa shape index (κ2) is 7.15. The lowest BCUT2D eigenvalue weighted by atomic mass is 10.1. The van der Waals surface area contributed by atoms with Gasteiger partial charge in [0.2, 0.25) is 0 Å². The van der Waals surface area contributed by atoms with Crippen molar-refractivity contribution >= 4 is 23.0 Å². The zero-order valence-electron chi connectivity index (χ0n) is 12.0. The van der Waals surface area contributed by atoms with Crippen molar-refractivity contribution in [3.63, 3.8) is 0 Å². The van der Waals surface area contributed by atoms with Gasteiger partial charge in [0.15, 0.2) is 6.10 Å². The Morgan fingerprint density at radius 2 is 2.00 bits per heavy atom. The number of amides is 1. The van der Waals surface area contributed by atoms with E-state index in [9.17, 15) is 9.90 Å². The lowest BCUT2D eigenvalue weighted by Gasteiger charge is -2.09. The minimum Gasteiger partial charge on any atom is -0.378 e. The van der Waals surface area contributed by atoms with Gasteiger partial charge in [-0.1, -0.05) is 37.3 Å². The number of aryl methyl sites for hydroxylation is 1. The van der Waals surface area contributed by atoms with Gasteiger partial charge in [-0.3, -0.25) is 4.79 Å². The summed E-state index contributed by atoms with van der Waals surface area (Å²) in [4.78, 5) is 14.2. The zero-order valence-corrected chi connectivity index (χ0v) is 12.9. The second-order valence-electron chi connectivity index (χ2n) is 4.61. The fraction of sp³-hybridized carbons (Fsp3) is 0.250. The van der Waals surface area contributed by atoms with Gasteiger partial charge in [-0.2, -0.15) is 5.10 Å². The van der Waals surface area contributed by atoms with Gasteiger partial charge in [-0.05, 0) is 31.0 Å². The number of rotatable bonds is 5. The molecule has 2 rings (SSSR count). The molecule has 2 aromatic rings. The highest BCUT2D eigenvalue weighted by molar-refractivity contribution is 7.14. The van der Waals surface area contributed by atoms with Crippen molar-refractivity contribution < 1.29 is 9.90 Å². The van der Waals surface area contributed by atoms with Gasteiger partial charge in [0.25, 0.3) is 5.91 Å². The van der Waals surface area contributed by atoms with Crippen molar-refractivity contribution in [3.05, 3.63) is 57.8 Å². The number of hydrogen-bond donors (Lipinski definition) is 2. The monoisotopic (exact) mass is 302 g/mol. The first-order valence-corrected chi connectivity index (χ1v) is 7.59. The number of nitrogens with zero attached hydrogens (tertiary/aromatic N) is 1. The van der Waals surface area contributed by atoms with Crippen molar-refractivity contribution in [1.29, 1.82) is 0 Å². The van der Waals surface area contributed by atoms with E-state index in [1.807, 2.05) is 19.1 Å². The lowest BCUT2D eigenvalue weighted by molar-refractivity contribution is -0.129. The summed E-state index contributed by atoms with van der Waals surface area (Å²) in [5.74, 6) is -0.534. The molecule has 5 heteroatoms. The Bertz CT molecular complexity index is 635. The third-order valence-electron chi connectivity index (χ3n) is 3.06. The first kappa shape index (κ1) is 15.4. The van der Waals surface area contributed by atoms with Gasteiger partial charge >= 0.3 is 0 Å². The van der Waals surface area contributed by atoms with E-state index in [0.29, 0.717) is 5.56 Å². The molecule has 0 aliphatic heterocycles. The van der Waals surface area contributed by atoms with E-state index >= 15 is 0 Å². The summed E-state index contributed by atoms with van der Waals surface area (Å²) in [6.07, 6.45) is -0.228. The first-order valence-electron chi connectivity index (χ1n) is 6.78. The molecule has 0 saturated heterocycles. The van der Waals surface area contributed by atoms with Crippen molar-refractivity contribution in [1.82, 2.24) is 5.43 Å². The first-order chi connectivity index (χ1) is 10.1. The standard InChI is InChI=1S/C16H18N2O2S/c1-3-13-9-10-14(21-13)11(2)17-18-16(20)15(19)12-7-5-4-6-8-12/h4-10,15,19H,3H2,1-2H3,(H,18,20)/t15-/m0/s1. The van der Waals surface area contributed by atoms with Crippen LogP contribution in [0.25, 0.3) is 0 Å². The second-order valence-corrected chi connectivity index (χ2v) is 5.77. The molecule has 2 N–H and O–H groups in total. The van der Waals surface area contributed by atoms with Crippen LogP contribution >= 0.6 is 11.3 Å². The molecule has 0 bridgehead atoms. The van der Waals surface area contributed by atoms with Crippen LogP contribution in [0.1, 0.15) is 35.3 Å². The third kappa shape index (κ3) is 4.00. The van der Waals surface area contributed by atoms with Crippen LogP contribution in [0, 0.1) is 0 Å². The Labute approximate surface area is 128 Å². The van der Waals surface area contributed by atoms with Crippen molar-refractivity contribution in [2.75, 3.05) is 0 Å². The number of carbonyl (C=O) groups is 1. The van der Waals surface area contributed by atoms with Gasteiger partial charge in [0, 0.05) is 4.88 Å². The van der Waals surface area contributed by atoms with Crippen LogP contribution < -0.4 is 5.43 Å². The van der Waals surface area contributed by atoms with Gasteiger partial charge in [0.05, 0.1) is 10.6 Å². The molecule has 4 nitrogen and oxygen atoms in total. The molecule has 1 aromatic heterocycles. The SMILES string of the molecule is CCc1ccc(C(C)=NNC(=O)[C@@H](O)c2ccccc2)s1. The largest absolute Gasteiger partial charge is 0.378 e. The number of hydrazone groups is 1. The van der Waals surface area contributed by atoms with Crippen LogP contribution in [0.2, 0.25) is 0 Å². The van der Waals surface area contributed by atoms with Crippen LogP contribution in [-0.2, 0) is 11.2 Å². The average molecular weight is 302 g/mol. The smallest absolute Gasteiger partial charge is 0.273 e. The van der Waals surface area contributed by atoms with Gasteiger partial charge < -0.3 is 5.11 Å². The maximum Gasteiger partial charge on any atom is 0.273 e. The van der Waals surface area contributed by atoms with E-state index in [4.69, 9.17) is 0 Å². The number of aliphatic hydroxyl groups excluding tert-OH is 1. The Hall–Kier alpha value is -1.98. The fourth-order valence-corrected chi connectivity index (χ4v) is 2.70. The summed E-state index contributed by atoms with van der Waals surface area (Å²) in [6.45, 7) is 3.93. The normalized spacial score (nSPS) is 13.0. The number of hydrogen-bond acceptors (Lipinski definition) is 4. The Morgan fingerprint density at radius 3 is 2.62 bits per heavy atom. The Kier molecular flexibility index (Phi) is 5.25. The maximum absolute atomic E-state index is 11.9. The predicted molar refractivity (Wildman–Crippen MR) is 85.5 cm³/mol. The summed E-state index contributed by atoms with van der Waals surface area (Å²) in [7, 11) is 0. The molecular formula is C16H18N2O2S. The van der Waals surface area contributed by atoms with Crippen molar-refractivity contribution in [2.45, 2.75) is 26.4 Å². The van der Waals surface area contributed by atoms with Crippen LogP contribution in [0.4, 0.5) is 0 Å². The molecule has 0 unspecified atom stereocenters. The summed E-state index contributed by atoms with van der Waals surface area (Å²) in [5.41, 5.74) is 3.69. The van der Waals surface area contributed by atoms with E-state index in [1.165, 1.54) is 4.88 Å². The summed E-state index contributed by atoms with van der Waals surface area (Å²) < 4.78 is 0. The minimum absolute atomic E-state index is 0.534. The van der Waals surface area contributed by atoms with E-state index in [-0.39, 0.29) is 0 Å². The topological polar surface area (TPSA) is 61.7 Å². The number of benzene rings is 1. The van der Waals surface area contributed by atoms with Crippen LogP contribution in [0.5, 0.6) is 0 Å². The van der Waals surface area contributed by atoms with E-state index in [0.717, 1.165) is 17.0 Å². The highest BCUT2D eigenvalue weighted by Gasteiger charge is 2.16. The van der Waals surface area contributed by atoms with E-state index in [2.05, 4.69) is 23.5 Å². The van der Waals surface area contributed by atoms with Gasteiger partial charge in [0.1, 0.15) is 0 Å². The summed E-state index contributed by atoms with van der Waals surface area (Å²) in [6, 6.07) is 12.8. The molecule has 0 aliphatic rings. The molecule has 1 amide bonds. The predicted octanol–water partition coefficient (Wildman–Crippen LogP) is 2.88. The fourth-order valence-electron chi connectivity index (χ4n) is 1.80. The highest BCUT2D eigenvalue weighted by atomic mass is 32.1. The molecule has 0 radical (unpaired) electrons. The minimum atomic E-state index is -1.21. The molecule has 0 fully saturated rings. The molecule has 1 heterocycles. The van der Waals surface area contributed by atoms with Crippen LogP contribution in [0.15, 0.2) is 47.6 Å². The number of thiophene rings is 1. The quantitative estimate of drug-likeness (QED) is 0.659. The molecule has 1 aromatic carbocycles. The third-order valence-corrected chi connectivity index (χ3v) is 4.40. The van der Waals surface area contributed by atoms with E-state index in [1.54, 1.807) is 35.6 Å². The van der Waals surface area contributed by atoms with Crippen LogP contribution in [0.3, 0.4) is 0 Å². The van der Waals surface area contributed by atoms with Crippen LogP contribution in [-0.4, -0.2) is 16.7 Å². The zero-order chi connectivity index (χ0) is 15.2. The van der Waals surface area contributed by atoms with Crippen molar-refractivity contribution in [2.24, 2.45) is 5.10 Å². The number of aliphatic hydroxyl groups is 1. The van der Waals surface area contributed by atoms with E-state index < -0.39 is 12.0 Å². The number of nitrogens with one attached hydrogen (secondary N) is 1. The molecule has 0 saturated carbocycles. The van der Waals surface area contributed by atoms with Gasteiger partial charge in [-0.15, -0.1) is 11.3 Å².